The molecule has 1 aliphatic rings. The molecule has 0 spiro atoms. The Hall–Kier alpha value is -4.45. The summed E-state index contributed by atoms with van der Waals surface area (Å²) in [5, 5.41) is 1.82. The third-order valence-electron chi connectivity index (χ3n) is 6.69. The number of hydrogen-bond donors (Lipinski definition) is 0. The number of amides is 1. The zero-order chi connectivity index (χ0) is 22.8. The van der Waals surface area contributed by atoms with Crippen molar-refractivity contribution in [2.24, 2.45) is 0 Å². The average Bonchev–Trinajstić information content (AvgIpc) is 3.22. The fourth-order valence-electron chi connectivity index (χ4n) is 5.15. The quantitative estimate of drug-likeness (QED) is 0.250. The lowest BCUT2D eigenvalue weighted by molar-refractivity contribution is 0.0981. The lowest BCUT2D eigenvalue weighted by Crippen LogP contribution is -2.35. The van der Waals surface area contributed by atoms with E-state index in [0.29, 0.717) is 11.1 Å². The summed E-state index contributed by atoms with van der Waals surface area (Å²) in [5.74, 6) is -0.0181. The minimum atomic E-state index is -0.0181. The van der Waals surface area contributed by atoms with Gasteiger partial charge in [0.05, 0.1) is 33.1 Å². The van der Waals surface area contributed by atoms with Crippen LogP contribution < -0.4 is 4.90 Å². The van der Waals surface area contributed by atoms with Crippen LogP contribution in [0.1, 0.15) is 22.8 Å². The second-order valence-electron chi connectivity index (χ2n) is 8.78. The van der Waals surface area contributed by atoms with E-state index >= 15 is 0 Å². The number of hydrogen-bond acceptors (Lipinski definition) is 5. The van der Waals surface area contributed by atoms with Gasteiger partial charge < -0.3 is 4.90 Å². The van der Waals surface area contributed by atoms with Crippen molar-refractivity contribution in [3.63, 3.8) is 0 Å². The number of carbonyl (C=O) groups is 1. The summed E-state index contributed by atoms with van der Waals surface area (Å²) in [5.41, 5.74) is 7.39. The maximum Gasteiger partial charge on any atom is 0.258 e. The first-order chi connectivity index (χ1) is 16.7. The van der Waals surface area contributed by atoms with Gasteiger partial charge in [-0.15, -0.1) is 0 Å². The van der Waals surface area contributed by atoms with Gasteiger partial charge in [-0.25, -0.2) is 9.97 Å². The van der Waals surface area contributed by atoms with E-state index in [-0.39, 0.29) is 11.9 Å². The summed E-state index contributed by atoms with van der Waals surface area (Å²) in [6.45, 7) is 2.09. The number of aromatic nitrogens is 4. The monoisotopic (exact) mass is 441 g/mol. The first kappa shape index (κ1) is 19.1. The Bertz CT molecular complexity index is 1800. The number of fused-ring (bicyclic) bond motifs is 8. The molecular weight excluding hydrogens is 422 g/mol. The SMILES string of the molecule is C[C@@H]1Cc2ccccc2N1C(=O)c1ccc2nc3c4cccnc4c4ncccc4c3nc2c1. The molecule has 7 rings (SSSR count). The Morgan fingerprint density at radius 2 is 1.47 bits per heavy atom. The number of para-hydroxylation sites is 1. The lowest BCUT2D eigenvalue weighted by Gasteiger charge is -2.23. The second-order valence-corrected chi connectivity index (χ2v) is 8.78. The highest BCUT2D eigenvalue weighted by Crippen LogP contribution is 2.34. The van der Waals surface area contributed by atoms with Gasteiger partial charge >= 0.3 is 0 Å². The Morgan fingerprint density at radius 1 is 0.794 bits per heavy atom. The van der Waals surface area contributed by atoms with Crippen molar-refractivity contribution >= 4 is 55.5 Å². The van der Waals surface area contributed by atoms with Crippen LogP contribution in [0.3, 0.4) is 0 Å². The average molecular weight is 441 g/mol. The molecule has 0 bridgehead atoms. The fourth-order valence-corrected chi connectivity index (χ4v) is 5.15. The van der Waals surface area contributed by atoms with E-state index in [4.69, 9.17) is 9.97 Å². The zero-order valence-corrected chi connectivity index (χ0v) is 18.4. The molecule has 0 aliphatic carbocycles. The third kappa shape index (κ3) is 2.65. The van der Waals surface area contributed by atoms with Gasteiger partial charge in [0.25, 0.3) is 5.91 Å². The molecule has 3 aromatic carbocycles. The van der Waals surface area contributed by atoms with Gasteiger partial charge in [-0.05, 0) is 67.4 Å². The van der Waals surface area contributed by atoms with Crippen LogP contribution >= 0.6 is 0 Å². The minimum absolute atomic E-state index is 0.0181. The van der Waals surface area contributed by atoms with E-state index in [1.807, 2.05) is 65.6 Å². The molecule has 6 nitrogen and oxygen atoms in total. The van der Waals surface area contributed by atoms with Gasteiger partial charge in [0.2, 0.25) is 0 Å². The first-order valence-corrected chi connectivity index (χ1v) is 11.3. The van der Waals surface area contributed by atoms with E-state index in [0.717, 1.165) is 50.5 Å². The number of benzene rings is 3. The molecule has 1 atom stereocenters. The maximum atomic E-state index is 13.6. The van der Waals surface area contributed by atoms with Gasteiger partial charge in [0, 0.05) is 40.5 Å². The van der Waals surface area contributed by atoms with Crippen LogP contribution in [-0.4, -0.2) is 31.9 Å². The van der Waals surface area contributed by atoms with Crippen LogP contribution in [0.25, 0.3) is 43.9 Å². The van der Waals surface area contributed by atoms with Gasteiger partial charge in [-0.2, -0.15) is 0 Å². The van der Waals surface area contributed by atoms with Crippen LogP contribution in [0.2, 0.25) is 0 Å². The zero-order valence-electron chi connectivity index (χ0n) is 18.4. The predicted octanol–water partition coefficient (Wildman–Crippen LogP) is 5.47. The van der Waals surface area contributed by atoms with Crippen molar-refractivity contribution in [2.75, 3.05) is 4.90 Å². The standard InChI is InChI=1S/C28H19N5O/c1-16-14-17-6-2-3-9-23(17)33(16)28(34)18-10-11-21-22(15-18)32-27-20-8-5-13-30-25(20)24-19(26(27)31-21)7-4-12-29-24/h2-13,15-16H,14H2,1H3/t16-/m1/s1. The number of pyridine rings is 2. The van der Waals surface area contributed by atoms with Gasteiger partial charge in [-0.3, -0.25) is 14.8 Å². The van der Waals surface area contributed by atoms with E-state index in [1.165, 1.54) is 5.56 Å². The highest BCUT2D eigenvalue weighted by atomic mass is 16.2. The molecule has 34 heavy (non-hydrogen) atoms. The molecule has 0 N–H and O–H groups in total. The predicted molar refractivity (Wildman–Crippen MR) is 134 cm³/mol. The van der Waals surface area contributed by atoms with E-state index in [1.54, 1.807) is 12.4 Å². The van der Waals surface area contributed by atoms with E-state index in [9.17, 15) is 4.79 Å². The molecule has 1 amide bonds. The summed E-state index contributed by atoms with van der Waals surface area (Å²) in [6.07, 6.45) is 4.40. The third-order valence-corrected chi connectivity index (χ3v) is 6.69. The molecule has 0 saturated heterocycles. The number of rotatable bonds is 1. The van der Waals surface area contributed by atoms with E-state index in [2.05, 4.69) is 23.0 Å². The van der Waals surface area contributed by atoms with Gasteiger partial charge in [0.1, 0.15) is 0 Å². The molecule has 0 unspecified atom stereocenters. The molecule has 1 aliphatic heterocycles. The smallest absolute Gasteiger partial charge is 0.258 e. The van der Waals surface area contributed by atoms with Crippen molar-refractivity contribution in [1.82, 2.24) is 19.9 Å². The summed E-state index contributed by atoms with van der Waals surface area (Å²) in [6, 6.07) is 21.6. The Labute approximate surface area is 194 Å². The van der Waals surface area contributed by atoms with Crippen LogP contribution in [-0.2, 0) is 6.42 Å². The van der Waals surface area contributed by atoms with Crippen molar-refractivity contribution in [1.29, 1.82) is 0 Å². The maximum absolute atomic E-state index is 13.6. The van der Waals surface area contributed by atoms with Crippen molar-refractivity contribution in [3.8, 4) is 0 Å². The van der Waals surface area contributed by atoms with Gasteiger partial charge in [-0.1, -0.05) is 18.2 Å². The second kappa shape index (κ2) is 7.02. The highest BCUT2D eigenvalue weighted by molar-refractivity contribution is 6.21. The van der Waals surface area contributed by atoms with Crippen molar-refractivity contribution in [3.05, 3.63) is 90.3 Å². The van der Waals surface area contributed by atoms with Crippen molar-refractivity contribution < 1.29 is 4.79 Å². The molecule has 0 radical (unpaired) electrons. The normalized spacial score (nSPS) is 15.4. The summed E-state index contributed by atoms with van der Waals surface area (Å²) >= 11 is 0. The number of anilines is 1. The minimum Gasteiger partial charge on any atom is -0.305 e. The molecule has 0 fully saturated rings. The first-order valence-electron chi connectivity index (χ1n) is 11.3. The van der Waals surface area contributed by atoms with E-state index < -0.39 is 0 Å². The largest absolute Gasteiger partial charge is 0.305 e. The van der Waals surface area contributed by atoms with Gasteiger partial charge in [0.15, 0.2) is 0 Å². The fraction of sp³-hybridized carbons (Fsp3) is 0.107. The van der Waals surface area contributed by atoms with Crippen molar-refractivity contribution in [2.45, 2.75) is 19.4 Å². The Balaban J connectivity index is 1.44. The topological polar surface area (TPSA) is 71.9 Å². The molecule has 3 aromatic heterocycles. The van der Waals surface area contributed by atoms with Crippen LogP contribution in [0.5, 0.6) is 0 Å². The Kier molecular flexibility index (Phi) is 3.94. The lowest BCUT2D eigenvalue weighted by atomic mass is 10.1. The Morgan fingerprint density at radius 3 is 2.21 bits per heavy atom. The van der Waals surface area contributed by atoms with Crippen LogP contribution in [0, 0.1) is 0 Å². The molecular formula is C28H19N5O. The molecule has 6 aromatic rings. The number of nitrogens with zero attached hydrogens (tertiary/aromatic N) is 5. The number of carbonyl (C=O) groups excluding carboxylic acids is 1. The highest BCUT2D eigenvalue weighted by Gasteiger charge is 2.31. The molecule has 0 saturated carbocycles. The molecule has 4 heterocycles. The summed E-state index contributed by atoms with van der Waals surface area (Å²) < 4.78 is 0. The van der Waals surface area contributed by atoms with Crippen LogP contribution in [0.4, 0.5) is 5.69 Å². The summed E-state index contributed by atoms with van der Waals surface area (Å²) in [4.78, 5) is 34.5. The molecule has 6 heteroatoms. The van der Waals surface area contributed by atoms with Crippen LogP contribution in [0.15, 0.2) is 79.1 Å². The molecule has 162 valence electrons. The summed E-state index contributed by atoms with van der Waals surface area (Å²) in [7, 11) is 0.